The van der Waals surface area contributed by atoms with Gasteiger partial charge in [0.05, 0.1) is 16.7 Å². The van der Waals surface area contributed by atoms with Gasteiger partial charge in [0.15, 0.2) is 6.61 Å². The van der Waals surface area contributed by atoms with Gasteiger partial charge in [0, 0.05) is 17.7 Å². The van der Waals surface area contributed by atoms with Crippen LogP contribution >= 0.6 is 0 Å². The van der Waals surface area contributed by atoms with Crippen LogP contribution in [0.15, 0.2) is 77.9 Å². The van der Waals surface area contributed by atoms with Gasteiger partial charge in [0.1, 0.15) is 11.5 Å². The molecule has 0 bridgehead atoms. The van der Waals surface area contributed by atoms with Crippen LogP contribution in [-0.2, 0) is 4.79 Å². The van der Waals surface area contributed by atoms with Gasteiger partial charge in [0.25, 0.3) is 11.6 Å². The highest BCUT2D eigenvalue weighted by Gasteiger charge is 2.13. The zero-order chi connectivity index (χ0) is 22.9. The molecule has 0 fully saturated rings. The average Bonchev–Trinajstić information content (AvgIpc) is 2.79. The fourth-order valence-corrected chi connectivity index (χ4v) is 2.63. The second-order valence-electron chi connectivity index (χ2n) is 6.58. The Morgan fingerprint density at radius 2 is 1.66 bits per heavy atom. The predicted octanol–water partition coefficient (Wildman–Crippen LogP) is 3.65. The van der Waals surface area contributed by atoms with Crippen molar-refractivity contribution >= 4 is 23.8 Å². The molecular formula is C23H19N3O6. The number of non-ortho nitro benzene ring substituents is 1. The minimum Gasteiger partial charge on any atom is -0.483 e. The Hall–Kier alpha value is -4.53. The number of rotatable bonds is 8. The van der Waals surface area contributed by atoms with Crippen LogP contribution in [0.5, 0.6) is 11.5 Å². The van der Waals surface area contributed by atoms with Gasteiger partial charge < -0.3 is 9.47 Å². The Morgan fingerprint density at radius 1 is 1.00 bits per heavy atom. The molecule has 0 heterocycles. The molecule has 0 aliphatic rings. The Balaban J connectivity index is 1.59. The third-order valence-corrected chi connectivity index (χ3v) is 4.28. The second-order valence-corrected chi connectivity index (χ2v) is 6.58. The Bertz CT molecular complexity index is 1160. The maximum atomic E-state index is 12.4. The van der Waals surface area contributed by atoms with Crippen molar-refractivity contribution in [3.8, 4) is 11.5 Å². The highest BCUT2D eigenvalue weighted by atomic mass is 16.6. The van der Waals surface area contributed by atoms with Gasteiger partial charge in [-0.15, -0.1) is 0 Å². The molecule has 9 heteroatoms. The van der Waals surface area contributed by atoms with E-state index in [1.165, 1.54) is 30.5 Å². The van der Waals surface area contributed by atoms with Crippen molar-refractivity contribution < 1.29 is 24.0 Å². The molecule has 9 nitrogen and oxygen atoms in total. The molecule has 0 saturated heterocycles. The maximum absolute atomic E-state index is 12.4. The summed E-state index contributed by atoms with van der Waals surface area (Å²) in [6.07, 6.45) is 1.34. The zero-order valence-corrected chi connectivity index (χ0v) is 17.1. The van der Waals surface area contributed by atoms with Crippen molar-refractivity contribution in [3.05, 3.63) is 99.6 Å². The maximum Gasteiger partial charge on any atom is 0.343 e. The predicted molar refractivity (Wildman–Crippen MR) is 117 cm³/mol. The van der Waals surface area contributed by atoms with E-state index < -0.39 is 16.8 Å². The molecule has 0 unspecified atom stereocenters. The second kappa shape index (κ2) is 10.5. The van der Waals surface area contributed by atoms with E-state index in [1.807, 2.05) is 25.1 Å². The van der Waals surface area contributed by atoms with Gasteiger partial charge in [-0.2, -0.15) is 5.10 Å². The normalized spacial score (nSPS) is 10.5. The van der Waals surface area contributed by atoms with Crippen molar-refractivity contribution in [1.29, 1.82) is 0 Å². The lowest BCUT2D eigenvalue weighted by molar-refractivity contribution is -0.384. The SMILES string of the molecule is Cc1ccccc1OCC(=O)N/N=C\c1ccccc1OC(=O)c1ccc([N+](=O)[O-])cc1. The van der Waals surface area contributed by atoms with Crippen LogP contribution in [0.1, 0.15) is 21.5 Å². The monoisotopic (exact) mass is 433 g/mol. The van der Waals surface area contributed by atoms with Crippen LogP contribution in [-0.4, -0.2) is 29.6 Å². The number of nitrogens with one attached hydrogen (secondary N) is 1. The van der Waals surface area contributed by atoms with E-state index in [0.29, 0.717) is 11.3 Å². The molecule has 0 spiro atoms. The molecule has 162 valence electrons. The van der Waals surface area contributed by atoms with Crippen LogP contribution < -0.4 is 14.9 Å². The third kappa shape index (κ3) is 5.99. The number of para-hydroxylation sites is 2. The number of ether oxygens (including phenoxy) is 2. The minimum atomic E-state index is -0.684. The van der Waals surface area contributed by atoms with Gasteiger partial charge in [-0.3, -0.25) is 14.9 Å². The molecule has 0 aromatic heterocycles. The smallest absolute Gasteiger partial charge is 0.343 e. The summed E-state index contributed by atoms with van der Waals surface area (Å²) in [7, 11) is 0. The molecule has 0 radical (unpaired) electrons. The Labute approximate surface area is 183 Å². The van der Waals surface area contributed by atoms with E-state index in [2.05, 4.69) is 10.5 Å². The number of nitro benzene ring substituents is 1. The number of aryl methyl sites for hydroxylation is 1. The Kier molecular flexibility index (Phi) is 7.26. The summed E-state index contributed by atoms with van der Waals surface area (Å²) >= 11 is 0. The lowest BCUT2D eigenvalue weighted by Gasteiger charge is -2.08. The summed E-state index contributed by atoms with van der Waals surface area (Å²) in [4.78, 5) is 34.5. The molecule has 32 heavy (non-hydrogen) atoms. The topological polar surface area (TPSA) is 120 Å². The van der Waals surface area contributed by atoms with Crippen LogP contribution in [0, 0.1) is 17.0 Å². The van der Waals surface area contributed by atoms with E-state index in [4.69, 9.17) is 9.47 Å². The van der Waals surface area contributed by atoms with Gasteiger partial charge >= 0.3 is 5.97 Å². The fourth-order valence-electron chi connectivity index (χ4n) is 2.63. The number of hydrazone groups is 1. The molecule has 3 rings (SSSR count). The highest BCUT2D eigenvalue weighted by molar-refractivity contribution is 5.93. The van der Waals surface area contributed by atoms with E-state index in [-0.39, 0.29) is 23.6 Å². The van der Waals surface area contributed by atoms with E-state index in [0.717, 1.165) is 5.56 Å². The largest absolute Gasteiger partial charge is 0.483 e. The van der Waals surface area contributed by atoms with Crippen LogP contribution in [0.25, 0.3) is 0 Å². The lowest BCUT2D eigenvalue weighted by Crippen LogP contribution is -2.24. The number of carbonyl (C=O) groups is 2. The van der Waals surface area contributed by atoms with Crippen molar-refractivity contribution in [1.82, 2.24) is 5.43 Å². The molecule has 1 N–H and O–H groups in total. The summed E-state index contributed by atoms with van der Waals surface area (Å²) in [5.41, 5.74) is 3.74. The van der Waals surface area contributed by atoms with Gasteiger partial charge in [-0.25, -0.2) is 10.2 Å². The molecule has 0 saturated carbocycles. The highest BCUT2D eigenvalue weighted by Crippen LogP contribution is 2.19. The Morgan fingerprint density at radius 3 is 2.34 bits per heavy atom. The van der Waals surface area contributed by atoms with E-state index in [9.17, 15) is 19.7 Å². The summed E-state index contributed by atoms with van der Waals surface area (Å²) in [6.45, 7) is 1.67. The van der Waals surface area contributed by atoms with Gasteiger partial charge in [-0.05, 0) is 42.8 Å². The number of hydrogen-bond acceptors (Lipinski definition) is 7. The van der Waals surface area contributed by atoms with Crippen LogP contribution in [0.2, 0.25) is 0 Å². The number of benzene rings is 3. The summed E-state index contributed by atoms with van der Waals surface area (Å²) < 4.78 is 10.8. The standard InChI is InChI=1S/C23H19N3O6/c1-16-6-2-4-8-20(16)31-15-22(27)25-24-14-18-7-3-5-9-21(18)32-23(28)17-10-12-19(13-11-17)26(29)30/h2-14H,15H2,1H3,(H,25,27)/b24-14-. The first-order valence-electron chi connectivity index (χ1n) is 9.50. The number of nitro groups is 1. The van der Waals surface area contributed by atoms with Gasteiger partial charge in [-0.1, -0.05) is 30.3 Å². The number of nitrogens with zero attached hydrogens (tertiary/aromatic N) is 2. The number of carbonyl (C=O) groups excluding carboxylic acids is 2. The van der Waals surface area contributed by atoms with Crippen LogP contribution in [0.4, 0.5) is 5.69 Å². The summed E-state index contributed by atoms with van der Waals surface area (Å²) in [5.74, 6) is -0.318. The number of hydrogen-bond donors (Lipinski definition) is 1. The zero-order valence-electron chi connectivity index (χ0n) is 17.1. The van der Waals surface area contributed by atoms with Crippen molar-refractivity contribution in [3.63, 3.8) is 0 Å². The fraction of sp³-hybridized carbons (Fsp3) is 0.0870. The van der Waals surface area contributed by atoms with E-state index in [1.54, 1.807) is 30.3 Å². The number of esters is 1. The molecule has 3 aromatic rings. The first kappa shape index (κ1) is 22.2. The van der Waals surface area contributed by atoms with Gasteiger partial charge in [0.2, 0.25) is 0 Å². The quantitative estimate of drug-likeness (QED) is 0.190. The first-order chi connectivity index (χ1) is 15.4. The molecule has 0 aliphatic heterocycles. The summed E-state index contributed by atoms with van der Waals surface area (Å²) in [6, 6.07) is 19.0. The number of amides is 1. The molecule has 0 atom stereocenters. The summed E-state index contributed by atoms with van der Waals surface area (Å²) in [5, 5.41) is 14.6. The van der Waals surface area contributed by atoms with Crippen molar-refractivity contribution in [2.24, 2.45) is 5.10 Å². The van der Waals surface area contributed by atoms with Crippen molar-refractivity contribution in [2.45, 2.75) is 6.92 Å². The average molecular weight is 433 g/mol. The lowest BCUT2D eigenvalue weighted by atomic mass is 10.2. The molecule has 0 aliphatic carbocycles. The third-order valence-electron chi connectivity index (χ3n) is 4.28. The van der Waals surface area contributed by atoms with Crippen LogP contribution in [0.3, 0.4) is 0 Å². The molecular weight excluding hydrogens is 414 g/mol. The minimum absolute atomic E-state index is 0.128. The molecule has 3 aromatic carbocycles. The first-order valence-corrected chi connectivity index (χ1v) is 9.50. The van der Waals surface area contributed by atoms with Crippen molar-refractivity contribution in [2.75, 3.05) is 6.61 Å². The molecule has 1 amide bonds. The van der Waals surface area contributed by atoms with E-state index >= 15 is 0 Å².